The van der Waals surface area contributed by atoms with E-state index in [-0.39, 0.29) is 17.9 Å². The molecule has 3 rings (SSSR count). The third-order valence-corrected chi connectivity index (χ3v) is 3.97. The van der Waals surface area contributed by atoms with Crippen LogP contribution < -0.4 is 5.43 Å². The van der Waals surface area contributed by atoms with Crippen LogP contribution in [0.5, 0.6) is 0 Å². The van der Waals surface area contributed by atoms with Crippen molar-refractivity contribution in [3.05, 3.63) is 58.8 Å². The molecule has 0 saturated carbocycles. The Labute approximate surface area is 140 Å². The van der Waals surface area contributed by atoms with Gasteiger partial charge in [0.25, 0.3) is 0 Å². The van der Waals surface area contributed by atoms with Gasteiger partial charge in [0.2, 0.25) is 0 Å². The molecule has 0 atom stereocenters. The van der Waals surface area contributed by atoms with Crippen molar-refractivity contribution in [1.82, 2.24) is 9.47 Å². The number of aromatic nitrogens is 1. The zero-order valence-corrected chi connectivity index (χ0v) is 13.9. The van der Waals surface area contributed by atoms with E-state index in [2.05, 4.69) is 0 Å². The highest BCUT2D eigenvalue weighted by molar-refractivity contribution is 5.94. The number of ether oxygens (including phenoxy) is 1. The normalized spacial score (nSPS) is 11.3. The summed E-state index contributed by atoms with van der Waals surface area (Å²) < 4.78 is 7.16. The standard InChI is InChI=1S/C19H20N2O3/c1-20(2)11-12-24-18(22)13-21-16-9-5-3-7-14(16)19(23)15-8-4-6-10-17(15)21/h3-10H,11-13H2,1-2H3. The van der Waals surface area contributed by atoms with Crippen LogP contribution in [0.4, 0.5) is 0 Å². The lowest BCUT2D eigenvalue weighted by Gasteiger charge is -2.15. The van der Waals surface area contributed by atoms with Gasteiger partial charge in [-0.1, -0.05) is 24.3 Å². The fraction of sp³-hybridized carbons (Fsp3) is 0.263. The third kappa shape index (κ3) is 3.16. The number of hydrogen-bond acceptors (Lipinski definition) is 4. The average molecular weight is 324 g/mol. The molecule has 0 aliphatic rings. The monoisotopic (exact) mass is 324 g/mol. The van der Waals surface area contributed by atoms with Crippen LogP contribution in [0.3, 0.4) is 0 Å². The second-order valence-corrected chi connectivity index (χ2v) is 5.97. The molecule has 1 aromatic heterocycles. The van der Waals surface area contributed by atoms with Gasteiger partial charge in [0.1, 0.15) is 13.2 Å². The van der Waals surface area contributed by atoms with Gasteiger partial charge in [-0.2, -0.15) is 0 Å². The lowest BCUT2D eigenvalue weighted by Crippen LogP contribution is -2.23. The van der Waals surface area contributed by atoms with Gasteiger partial charge in [-0.3, -0.25) is 9.59 Å². The number of likely N-dealkylation sites (N-methyl/N-ethyl adjacent to an activating group) is 1. The smallest absolute Gasteiger partial charge is 0.326 e. The Balaban J connectivity index is 2.03. The summed E-state index contributed by atoms with van der Waals surface area (Å²) in [5.41, 5.74) is 1.47. The maximum absolute atomic E-state index is 12.6. The topological polar surface area (TPSA) is 51.5 Å². The van der Waals surface area contributed by atoms with Gasteiger partial charge in [-0.15, -0.1) is 0 Å². The summed E-state index contributed by atoms with van der Waals surface area (Å²) >= 11 is 0. The number of carbonyl (C=O) groups is 1. The number of carbonyl (C=O) groups excluding carboxylic acids is 1. The summed E-state index contributed by atoms with van der Waals surface area (Å²) in [6.07, 6.45) is 0. The van der Waals surface area contributed by atoms with E-state index in [0.29, 0.717) is 23.9 Å². The fourth-order valence-electron chi connectivity index (χ4n) is 2.76. The van der Waals surface area contributed by atoms with Crippen LogP contribution in [0.2, 0.25) is 0 Å². The molecule has 24 heavy (non-hydrogen) atoms. The lowest BCUT2D eigenvalue weighted by molar-refractivity contribution is -0.144. The van der Waals surface area contributed by atoms with Gasteiger partial charge in [-0.25, -0.2) is 0 Å². The van der Waals surface area contributed by atoms with Crippen LogP contribution in [0.25, 0.3) is 21.8 Å². The first-order valence-electron chi connectivity index (χ1n) is 7.88. The Kier molecular flexibility index (Phi) is 4.62. The van der Waals surface area contributed by atoms with Crippen molar-refractivity contribution in [2.45, 2.75) is 6.54 Å². The summed E-state index contributed by atoms with van der Waals surface area (Å²) in [6.45, 7) is 1.11. The van der Waals surface area contributed by atoms with E-state index in [9.17, 15) is 9.59 Å². The lowest BCUT2D eigenvalue weighted by atomic mass is 10.1. The summed E-state index contributed by atoms with van der Waals surface area (Å²) in [6, 6.07) is 14.7. The molecular formula is C19H20N2O3. The van der Waals surface area contributed by atoms with Crippen LogP contribution in [0.15, 0.2) is 53.3 Å². The highest BCUT2D eigenvalue weighted by atomic mass is 16.5. The van der Waals surface area contributed by atoms with Crippen molar-refractivity contribution in [1.29, 1.82) is 0 Å². The molecule has 0 spiro atoms. The number of nitrogens with zero attached hydrogens (tertiary/aromatic N) is 2. The number of esters is 1. The highest BCUT2D eigenvalue weighted by Gasteiger charge is 2.13. The molecule has 124 valence electrons. The first-order valence-corrected chi connectivity index (χ1v) is 7.88. The van der Waals surface area contributed by atoms with Gasteiger partial charge in [0.15, 0.2) is 5.43 Å². The third-order valence-electron chi connectivity index (χ3n) is 3.97. The molecule has 0 unspecified atom stereocenters. The van der Waals surface area contributed by atoms with E-state index < -0.39 is 0 Å². The number of rotatable bonds is 5. The molecule has 0 bridgehead atoms. The first kappa shape index (κ1) is 16.2. The Bertz CT molecular complexity index is 884. The van der Waals surface area contributed by atoms with Crippen molar-refractivity contribution < 1.29 is 9.53 Å². The summed E-state index contributed by atoms with van der Waals surface area (Å²) in [7, 11) is 3.85. The first-order chi connectivity index (χ1) is 11.6. The van der Waals surface area contributed by atoms with Crippen molar-refractivity contribution in [2.75, 3.05) is 27.2 Å². The van der Waals surface area contributed by atoms with Crippen LogP contribution >= 0.6 is 0 Å². The van der Waals surface area contributed by atoms with E-state index in [1.807, 2.05) is 60.0 Å². The van der Waals surface area contributed by atoms with Crippen LogP contribution in [-0.2, 0) is 16.1 Å². The minimum Gasteiger partial charge on any atom is -0.463 e. The molecule has 0 N–H and O–H groups in total. The number of hydrogen-bond donors (Lipinski definition) is 0. The number of para-hydroxylation sites is 2. The van der Waals surface area contributed by atoms with Gasteiger partial charge in [-0.05, 0) is 38.4 Å². The summed E-state index contributed by atoms with van der Waals surface area (Å²) in [4.78, 5) is 26.8. The minimum atomic E-state index is -0.309. The Morgan fingerprint density at radius 3 is 2.08 bits per heavy atom. The van der Waals surface area contributed by atoms with E-state index in [1.54, 1.807) is 12.1 Å². The maximum Gasteiger partial charge on any atom is 0.326 e. The zero-order valence-electron chi connectivity index (χ0n) is 13.9. The molecule has 0 radical (unpaired) electrons. The molecule has 2 aromatic carbocycles. The second-order valence-electron chi connectivity index (χ2n) is 5.97. The van der Waals surface area contributed by atoms with Crippen molar-refractivity contribution in [3.63, 3.8) is 0 Å². The molecule has 0 aliphatic carbocycles. The van der Waals surface area contributed by atoms with Gasteiger partial charge in [0.05, 0.1) is 11.0 Å². The highest BCUT2D eigenvalue weighted by Crippen LogP contribution is 2.19. The quantitative estimate of drug-likeness (QED) is 0.534. The summed E-state index contributed by atoms with van der Waals surface area (Å²) in [5.74, 6) is -0.309. The van der Waals surface area contributed by atoms with Crippen LogP contribution in [-0.4, -0.2) is 42.7 Å². The summed E-state index contributed by atoms with van der Waals surface area (Å²) in [5, 5.41) is 1.22. The van der Waals surface area contributed by atoms with E-state index >= 15 is 0 Å². The van der Waals surface area contributed by atoms with E-state index in [1.165, 1.54) is 0 Å². The molecule has 0 aliphatic heterocycles. The Hall–Kier alpha value is -2.66. The second kappa shape index (κ2) is 6.84. The van der Waals surface area contributed by atoms with E-state index in [4.69, 9.17) is 4.74 Å². The molecule has 0 fully saturated rings. The molecule has 5 heteroatoms. The number of fused-ring (bicyclic) bond motifs is 2. The van der Waals surface area contributed by atoms with Gasteiger partial charge >= 0.3 is 5.97 Å². The minimum absolute atomic E-state index is 0.0153. The van der Waals surface area contributed by atoms with E-state index in [0.717, 1.165) is 11.0 Å². The SMILES string of the molecule is CN(C)CCOC(=O)Cn1c2ccccc2c(=O)c2ccccc21. The largest absolute Gasteiger partial charge is 0.463 e. The van der Waals surface area contributed by atoms with Gasteiger partial charge < -0.3 is 14.2 Å². The predicted octanol–water partition coefficient (Wildman–Crippen LogP) is 2.26. The maximum atomic E-state index is 12.6. The van der Waals surface area contributed by atoms with Crippen molar-refractivity contribution in [2.24, 2.45) is 0 Å². The van der Waals surface area contributed by atoms with Crippen LogP contribution in [0, 0.1) is 0 Å². The predicted molar refractivity (Wildman–Crippen MR) is 95.2 cm³/mol. The molecule has 5 nitrogen and oxygen atoms in total. The molecule has 0 saturated heterocycles. The molecule has 1 heterocycles. The van der Waals surface area contributed by atoms with Gasteiger partial charge in [0, 0.05) is 17.3 Å². The number of benzene rings is 2. The Morgan fingerprint density at radius 2 is 1.54 bits per heavy atom. The molecule has 3 aromatic rings. The number of pyridine rings is 1. The zero-order chi connectivity index (χ0) is 17.1. The molecule has 0 amide bonds. The van der Waals surface area contributed by atoms with Crippen LogP contribution in [0.1, 0.15) is 0 Å². The fourth-order valence-corrected chi connectivity index (χ4v) is 2.76. The van der Waals surface area contributed by atoms with Crippen molar-refractivity contribution in [3.8, 4) is 0 Å². The van der Waals surface area contributed by atoms with Crippen molar-refractivity contribution >= 4 is 27.8 Å². The Morgan fingerprint density at radius 1 is 1.00 bits per heavy atom. The average Bonchev–Trinajstić information content (AvgIpc) is 2.58. The molecular weight excluding hydrogens is 304 g/mol.